The molecular weight excluding hydrogens is 520 g/mol. The summed E-state index contributed by atoms with van der Waals surface area (Å²) in [7, 11) is 0. The predicted molar refractivity (Wildman–Crippen MR) is 158 cm³/mol. The van der Waals surface area contributed by atoms with Crippen molar-refractivity contribution in [2.75, 3.05) is 6.54 Å². The van der Waals surface area contributed by atoms with Crippen LogP contribution < -0.4 is 21.4 Å². The largest absolute Gasteiger partial charge is 0.347 e. The van der Waals surface area contributed by atoms with E-state index in [0.29, 0.717) is 19.4 Å². The van der Waals surface area contributed by atoms with Crippen LogP contribution in [-0.4, -0.2) is 58.3 Å². The molecule has 1 saturated heterocycles. The molecule has 1 aromatic carbocycles. The highest BCUT2D eigenvalue weighted by Crippen LogP contribution is 2.25. The van der Waals surface area contributed by atoms with Crippen molar-refractivity contribution in [1.82, 2.24) is 31.4 Å². The SMILES string of the molecule is Cc1cc2ccc3cc2nc1[C@@H](C)NC(=O)[C@@H]1CCCN(N1)C(=O)[C@H](C)NC(=O)[C@H](C(C)C)NC(=O)C(C)(C)/C=C/3. The van der Waals surface area contributed by atoms with Gasteiger partial charge in [0.2, 0.25) is 17.7 Å². The van der Waals surface area contributed by atoms with Crippen LogP contribution in [0.3, 0.4) is 0 Å². The Kier molecular flexibility index (Phi) is 8.82. The van der Waals surface area contributed by atoms with Gasteiger partial charge in [0, 0.05) is 11.9 Å². The molecule has 4 rings (SSSR count). The normalized spacial score (nSPS) is 26.9. The van der Waals surface area contributed by atoms with E-state index in [0.717, 1.165) is 27.7 Å². The minimum absolute atomic E-state index is 0.213. The molecule has 0 aliphatic carbocycles. The van der Waals surface area contributed by atoms with Crippen LogP contribution in [0.1, 0.15) is 77.2 Å². The fourth-order valence-corrected chi connectivity index (χ4v) is 5.20. The van der Waals surface area contributed by atoms with E-state index in [9.17, 15) is 19.2 Å². The molecule has 2 aliphatic rings. The maximum absolute atomic E-state index is 13.3. The standard InChI is InChI=1S/C31H42N6O4/c1-17(2)25-28(39)33-20(5)29(40)37-14-8-9-23(36-37)27(38)32-19(4)26-18(3)15-22-11-10-21(16-24(22)34-26)12-13-31(6,7)30(41)35-25/h10-13,15-17,19-20,23,25,36H,8-9,14H2,1-7H3,(H,32,38)(H,33,39)(H,35,41)/b13-12+/t19-,20+,23+,25+/m1/s1. The van der Waals surface area contributed by atoms with E-state index in [-0.39, 0.29) is 29.7 Å². The van der Waals surface area contributed by atoms with Crippen LogP contribution >= 0.6 is 0 Å². The average Bonchev–Trinajstić information content (AvgIpc) is 2.93. The average molecular weight is 563 g/mol. The summed E-state index contributed by atoms with van der Waals surface area (Å²) in [6.07, 6.45) is 4.89. The molecule has 0 radical (unpaired) electrons. The van der Waals surface area contributed by atoms with E-state index in [4.69, 9.17) is 4.98 Å². The van der Waals surface area contributed by atoms with Gasteiger partial charge in [0.1, 0.15) is 18.1 Å². The van der Waals surface area contributed by atoms with Gasteiger partial charge in [0.05, 0.1) is 22.7 Å². The zero-order valence-electron chi connectivity index (χ0n) is 25.0. The summed E-state index contributed by atoms with van der Waals surface area (Å²) in [6, 6.07) is 5.31. The van der Waals surface area contributed by atoms with E-state index < -0.39 is 29.4 Å². The van der Waals surface area contributed by atoms with Crippen LogP contribution in [0.2, 0.25) is 0 Å². The first-order valence-corrected chi connectivity index (χ1v) is 14.4. The number of carbonyl (C=O) groups is 4. The Morgan fingerprint density at radius 2 is 1.68 bits per heavy atom. The topological polar surface area (TPSA) is 133 Å². The zero-order valence-corrected chi connectivity index (χ0v) is 25.0. The fourth-order valence-electron chi connectivity index (χ4n) is 5.20. The highest BCUT2D eigenvalue weighted by molar-refractivity contribution is 5.94. The summed E-state index contributed by atoms with van der Waals surface area (Å²) in [5.74, 6) is -1.53. The van der Waals surface area contributed by atoms with Gasteiger partial charge >= 0.3 is 0 Å². The van der Waals surface area contributed by atoms with Gasteiger partial charge < -0.3 is 16.0 Å². The molecule has 220 valence electrons. The molecule has 41 heavy (non-hydrogen) atoms. The Labute approximate surface area is 241 Å². The number of rotatable bonds is 1. The van der Waals surface area contributed by atoms with Crippen molar-refractivity contribution >= 4 is 40.6 Å². The number of nitrogens with zero attached hydrogens (tertiary/aromatic N) is 2. The summed E-state index contributed by atoms with van der Waals surface area (Å²) in [5.41, 5.74) is 5.51. The van der Waals surface area contributed by atoms with E-state index in [1.54, 1.807) is 20.8 Å². The molecular formula is C31H42N6O4. The third-order valence-electron chi connectivity index (χ3n) is 7.85. The Hall–Kier alpha value is -3.79. The van der Waals surface area contributed by atoms with Crippen LogP contribution in [-0.2, 0) is 19.2 Å². The molecule has 1 fully saturated rings. The lowest BCUT2D eigenvalue weighted by Gasteiger charge is -2.35. The first-order valence-electron chi connectivity index (χ1n) is 14.4. The number of aromatic nitrogens is 1. The number of hydrogen-bond acceptors (Lipinski definition) is 6. The number of amides is 4. The van der Waals surface area contributed by atoms with Gasteiger partial charge in [-0.3, -0.25) is 29.2 Å². The highest BCUT2D eigenvalue weighted by atomic mass is 16.2. The van der Waals surface area contributed by atoms with Crippen molar-refractivity contribution in [1.29, 1.82) is 0 Å². The third-order valence-corrected chi connectivity index (χ3v) is 7.85. The number of benzene rings is 1. The fraction of sp³-hybridized carbons (Fsp3) is 0.516. The first-order chi connectivity index (χ1) is 19.3. The monoisotopic (exact) mass is 562 g/mol. The molecule has 10 heteroatoms. The second-order valence-corrected chi connectivity index (χ2v) is 12.2. The van der Waals surface area contributed by atoms with Gasteiger partial charge in [0.15, 0.2) is 0 Å². The second kappa shape index (κ2) is 12.0. The minimum Gasteiger partial charge on any atom is -0.347 e. The molecule has 0 saturated carbocycles. The number of nitrogens with one attached hydrogen (secondary N) is 4. The smallest absolute Gasteiger partial charge is 0.258 e. The molecule has 4 amide bonds. The van der Waals surface area contributed by atoms with Crippen LogP contribution in [0, 0.1) is 18.3 Å². The minimum atomic E-state index is -0.917. The number of fused-ring (bicyclic) bond motifs is 4. The lowest BCUT2D eigenvalue weighted by Crippen LogP contribution is -2.62. The Balaban J connectivity index is 1.73. The summed E-state index contributed by atoms with van der Waals surface area (Å²) in [5, 5.41) is 11.1. The third kappa shape index (κ3) is 6.75. The van der Waals surface area contributed by atoms with Crippen molar-refractivity contribution in [3.8, 4) is 0 Å². The summed E-state index contributed by atoms with van der Waals surface area (Å²) >= 11 is 0. The zero-order chi connectivity index (χ0) is 30.1. The number of hydrogen-bond donors (Lipinski definition) is 4. The first kappa shape index (κ1) is 30.2. The van der Waals surface area contributed by atoms with E-state index in [1.165, 1.54) is 5.01 Å². The molecule has 0 spiro atoms. The van der Waals surface area contributed by atoms with Gasteiger partial charge in [-0.05, 0) is 76.6 Å². The van der Waals surface area contributed by atoms with Crippen molar-refractivity contribution in [3.05, 3.63) is 47.2 Å². The van der Waals surface area contributed by atoms with Crippen LogP contribution in [0.15, 0.2) is 30.3 Å². The maximum Gasteiger partial charge on any atom is 0.258 e. The molecule has 10 nitrogen and oxygen atoms in total. The predicted octanol–water partition coefficient (Wildman–Crippen LogP) is 2.91. The highest BCUT2D eigenvalue weighted by Gasteiger charge is 2.35. The van der Waals surface area contributed by atoms with Gasteiger partial charge in [-0.25, -0.2) is 5.43 Å². The molecule has 2 aromatic rings. The number of carbonyl (C=O) groups excluding carboxylic acids is 4. The van der Waals surface area contributed by atoms with E-state index >= 15 is 0 Å². The van der Waals surface area contributed by atoms with Gasteiger partial charge in [-0.2, -0.15) is 0 Å². The summed E-state index contributed by atoms with van der Waals surface area (Å²) in [4.78, 5) is 58.0. The van der Waals surface area contributed by atoms with Crippen molar-refractivity contribution in [2.45, 2.75) is 85.5 Å². The van der Waals surface area contributed by atoms with Crippen LogP contribution in [0.4, 0.5) is 0 Å². The maximum atomic E-state index is 13.3. The molecule has 4 atom stereocenters. The number of aryl methyl sites for hydroxylation is 1. The molecule has 0 unspecified atom stereocenters. The quantitative estimate of drug-likeness (QED) is 0.423. The van der Waals surface area contributed by atoms with E-state index in [2.05, 4.69) is 27.4 Å². The van der Waals surface area contributed by atoms with Gasteiger partial charge in [-0.15, -0.1) is 0 Å². The van der Waals surface area contributed by atoms with Crippen molar-refractivity contribution in [3.63, 3.8) is 0 Å². The Morgan fingerprint density at radius 1 is 0.976 bits per heavy atom. The summed E-state index contributed by atoms with van der Waals surface area (Å²) < 4.78 is 0. The lowest BCUT2D eigenvalue weighted by atomic mass is 9.89. The second-order valence-electron chi connectivity index (χ2n) is 12.2. The van der Waals surface area contributed by atoms with Gasteiger partial charge in [-0.1, -0.05) is 38.1 Å². The molecule has 4 N–H and O–H groups in total. The number of pyridine rings is 1. The molecule has 5 bridgehead atoms. The molecule has 1 aromatic heterocycles. The molecule has 2 aliphatic heterocycles. The lowest BCUT2D eigenvalue weighted by molar-refractivity contribution is -0.143. The summed E-state index contributed by atoms with van der Waals surface area (Å²) in [6.45, 7) is 13.2. The molecule has 3 heterocycles. The van der Waals surface area contributed by atoms with Gasteiger partial charge in [0.25, 0.3) is 5.91 Å². The van der Waals surface area contributed by atoms with Crippen LogP contribution in [0.25, 0.3) is 17.0 Å². The number of hydrazine groups is 1. The van der Waals surface area contributed by atoms with Crippen LogP contribution in [0.5, 0.6) is 0 Å². The Bertz CT molecular complexity index is 1380. The van der Waals surface area contributed by atoms with E-state index in [1.807, 2.05) is 58.0 Å². The Morgan fingerprint density at radius 3 is 2.39 bits per heavy atom. The van der Waals surface area contributed by atoms with Crippen molar-refractivity contribution in [2.24, 2.45) is 11.3 Å². The van der Waals surface area contributed by atoms with Crippen molar-refractivity contribution < 1.29 is 19.2 Å².